The average Bonchev–Trinajstić information content (AvgIpc) is 3.44. The number of benzene rings is 1. The third-order valence-corrected chi connectivity index (χ3v) is 5.35. The average molecular weight is 407 g/mol. The first-order valence-electron chi connectivity index (χ1n) is 10.2. The van der Waals surface area contributed by atoms with Crippen LogP contribution in [0.3, 0.4) is 0 Å². The number of piperidine rings is 1. The molecule has 3 heterocycles. The Balaban J connectivity index is 1.27. The first kappa shape index (κ1) is 19.9. The van der Waals surface area contributed by atoms with E-state index in [0.29, 0.717) is 43.2 Å². The number of carbonyl (C=O) groups excluding carboxylic acids is 2. The lowest BCUT2D eigenvalue weighted by Crippen LogP contribution is -2.42. The van der Waals surface area contributed by atoms with E-state index in [1.54, 1.807) is 15.8 Å². The highest BCUT2D eigenvalue weighted by atomic mass is 16.3. The van der Waals surface area contributed by atoms with Gasteiger partial charge in [-0.05, 0) is 31.9 Å². The number of nitrogens with one attached hydrogen (secondary N) is 1. The highest BCUT2D eigenvalue weighted by molar-refractivity contribution is 5.92. The van der Waals surface area contributed by atoms with Crippen molar-refractivity contribution in [3.8, 4) is 11.5 Å². The van der Waals surface area contributed by atoms with Gasteiger partial charge in [-0.3, -0.25) is 14.3 Å². The largest absolute Gasteiger partial charge is 0.444 e. The van der Waals surface area contributed by atoms with E-state index in [-0.39, 0.29) is 24.2 Å². The van der Waals surface area contributed by atoms with Crippen LogP contribution in [-0.4, -0.2) is 44.6 Å². The molecule has 8 nitrogen and oxygen atoms in total. The van der Waals surface area contributed by atoms with Crippen molar-refractivity contribution in [3.05, 3.63) is 54.7 Å². The van der Waals surface area contributed by atoms with Gasteiger partial charge in [-0.1, -0.05) is 18.2 Å². The van der Waals surface area contributed by atoms with E-state index in [0.717, 1.165) is 12.1 Å². The predicted molar refractivity (Wildman–Crippen MR) is 111 cm³/mol. The molecule has 1 saturated heterocycles. The molecule has 4 rings (SSSR count). The van der Waals surface area contributed by atoms with Gasteiger partial charge < -0.3 is 14.6 Å². The van der Waals surface area contributed by atoms with E-state index in [2.05, 4.69) is 15.4 Å². The summed E-state index contributed by atoms with van der Waals surface area (Å²) >= 11 is 0. The van der Waals surface area contributed by atoms with Crippen molar-refractivity contribution in [2.45, 2.75) is 32.7 Å². The predicted octanol–water partition coefficient (Wildman–Crippen LogP) is 2.98. The van der Waals surface area contributed by atoms with Crippen LogP contribution in [0.4, 0.5) is 5.69 Å². The van der Waals surface area contributed by atoms with Crippen molar-refractivity contribution in [1.29, 1.82) is 0 Å². The van der Waals surface area contributed by atoms with Crippen molar-refractivity contribution < 1.29 is 14.0 Å². The molecule has 1 N–H and O–H groups in total. The van der Waals surface area contributed by atoms with Gasteiger partial charge in [0.2, 0.25) is 17.7 Å². The number of likely N-dealkylation sites (tertiary alicyclic amines) is 1. The number of amides is 2. The van der Waals surface area contributed by atoms with Gasteiger partial charge in [-0.15, -0.1) is 0 Å². The van der Waals surface area contributed by atoms with Crippen LogP contribution in [-0.2, 0) is 22.6 Å². The molecular formula is C22H25N5O3. The lowest BCUT2D eigenvalue weighted by molar-refractivity contribution is -0.133. The molecule has 0 saturated carbocycles. The van der Waals surface area contributed by atoms with Crippen molar-refractivity contribution in [3.63, 3.8) is 0 Å². The molecule has 8 heteroatoms. The van der Waals surface area contributed by atoms with Crippen molar-refractivity contribution in [2.75, 3.05) is 18.4 Å². The van der Waals surface area contributed by atoms with Crippen LogP contribution in [0.1, 0.15) is 25.5 Å². The SMILES string of the molecule is CCn1cc(NC(=O)C2CCN(C(=O)Cc3coc(-c4ccccc4)n3)CC2)cn1. The molecule has 0 radical (unpaired) electrons. The highest BCUT2D eigenvalue weighted by Gasteiger charge is 2.28. The van der Waals surface area contributed by atoms with Gasteiger partial charge in [-0.25, -0.2) is 4.98 Å². The second-order valence-electron chi connectivity index (χ2n) is 7.42. The van der Waals surface area contributed by atoms with Gasteiger partial charge in [0.1, 0.15) is 6.26 Å². The summed E-state index contributed by atoms with van der Waals surface area (Å²) in [5.41, 5.74) is 2.21. The van der Waals surface area contributed by atoms with E-state index in [4.69, 9.17) is 4.42 Å². The smallest absolute Gasteiger partial charge is 0.228 e. The fourth-order valence-corrected chi connectivity index (χ4v) is 3.60. The van der Waals surface area contributed by atoms with Gasteiger partial charge in [0.15, 0.2) is 0 Å². The summed E-state index contributed by atoms with van der Waals surface area (Å²) in [4.78, 5) is 31.4. The minimum absolute atomic E-state index is 0.00555. The lowest BCUT2D eigenvalue weighted by atomic mass is 9.95. The fourth-order valence-electron chi connectivity index (χ4n) is 3.60. The van der Waals surface area contributed by atoms with Crippen LogP contribution < -0.4 is 5.32 Å². The number of hydrogen-bond donors (Lipinski definition) is 1. The molecule has 30 heavy (non-hydrogen) atoms. The van der Waals surface area contributed by atoms with Gasteiger partial charge in [0.25, 0.3) is 0 Å². The molecule has 0 spiro atoms. The van der Waals surface area contributed by atoms with E-state index < -0.39 is 0 Å². The maximum Gasteiger partial charge on any atom is 0.228 e. The molecule has 1 aliphatic heterocycles. The highest BCUT2D eigenvalue weighted by Crippen LogP contribution is 2.22. The summed E-state index contributed by atoms with van der Waals surface area (Å²) in [5, 5.41) is 7.08. The van der Waals surface area contributed by atoms with Crippen LogP contribution in [0.15, 0.2) is 53.4 Å². The van der Waals surface area contributed by atoms with E-state index in [9.17, 15) is 9.59 Å². The zero-order chi connectivity index (χ0) is 20.9. The third-order valence-electron chi connectivity index (χ3n) is 5.35. The zero-order valence-electron chi connectivity index (χ0n) is 17.0. The molecule has 2 aromatic heterocycles. The normalized spacial score (nSPS) is 14.6. The van der Waals surface area contributed by atoms with E-state index >= 15 is 0 Å². The Morgan fingerprint density at radius 2 is 1.97 bits per heavy atom. The van der Waals surface area contributed by atoms with Gasteiger partial charge in [0.05, 0.1) is 24.0 Å². The van der Waals surface area contributed by atoms with Gasteiger partial charge in [-0.2, -0.15) is 5.10 Å². The van der Waals surface area contributed by atoms with Crippen molar-refractivity contribution in [1.82, 2.24) is 19.7 Å². The number of anilines is 1. The van der Waals surface area contributed by atoms with Crippen LogP contribution in [0.2, 0.25) is 0 Å². The third kappa shape index (κ3) is 4.59. The van der Waals surface area contributed by atoms with Crippen LogP contribution in [0.5, 0.6) is 0 Å². The summed E-state index contributed by atoms with van der Waals surface area (Å²) < 4.78 is 7.28. The molecule has 1 aliphatic rings. The Hall–Kier alpha value is -3.42. The van der Waals surface area contributed by atoms with E-state index in [1.165, 1.54) is 6.26 Å². The molecular weight excluding hydrogens is 382 g/mol. The molecule has 0 bridgehead atoms. The maximum atomic E-state index is 12.6. The number of hydrogen-bond acceptors (Lipinski definition) is 5. The summed E-state index contributed by atoms with van der Waals surface area (Å²) in [5.74, 6) is 0.406. The van der Waals surface area contributed by atoms with Crippen molar-refractivity contribution >= 4 is 17.5 Å². The number of carbonyl (C=O) groups is 2. The molecule has 1 aromatic carbocycles. The lowest BCUT2D eigenvalue weighted by Gasteiger charge is -2.31. The summed E-state index contributed by atoms with van der Waals surface area (Å²) in [7, 11) is 0. The Morgan fingerprint density at radius 3 is 2.67 bits per heavy atom. The summed E-state index contributed by atoms with van der Waals surface area (Å²) in [6, 6.07) is 9.60. The molecule has 0 atom stereocenters. The number of aromatic nitrogens is 3. The fraction of sp³-hybridized carbons (Fsp3) is 0.364. The van der Waals surface area contributed by atoms with Crippen molar-refractivity contribution in [2.24, 2.45) is 5.92 Å². The van der Waals surface area contributed by atoms with Gasteiger partial charge >= 0.3 is 0 Å². The molecule has 2 amide bonds. The monoisotopic (exact) mass is 407 g/mol. The number of oxazole rings is 1. The minimum Gasteiger partial charge on any atom is -0.444 e. The summed E-state index contributed by atoms with van der Waals surface area (Å²) in [6.07, 6.45) is 6.50. The first-order chi connectivity index (χ1) is 14.6. The number of nitrogens with zero attached hydrogens (tertiary/aromatic N) is 4. The van der Waals surface area contributed by atoms with Crippen LogP contribution in [0, 0.1) is 5.92 Å². The Kier molecular flexibility index (Phi) is 5.92. The van der Waals surface area contributed by atoms with Crippen LogP contribution >= 0.6 is 0 Å². The van der Waals surface area contributed by atoms with E-state index in [1.807, 2.05) is 43.5 Å². The summed E-state index contributed by atoms with van der Waals surface area (Å²) in [6.45, 7) is 3.88. The number of rotatable bonds is 6. The molecule has 156 valence electrons. The Bertz CT molecular complexity index is 1000. The molecule has 0 unspecified atom stereocenters. The second-order valence-corrected chi connectivity index (χ2v) is 7.42. The topological polar surface area (TPSA) is 93.3 Å². The van der Waals surface area contributed by atoms with Crippen LogP contribution in [0.25, 0.3) is 11.5 Å². The second kappa shape index (κ2) is 8.94. The number of aryl methyl sites for hydroxylation is 1. The van der Waals surface area contributed by atoms with Gasteiger partial charge in [0, 0.05) is 37.3 Å². The Labute approximate surface area is 174 Å². The standard InChI is InChI=1S/C22H25N5O3/c1-2-27-14-19(13-23-27)24-21(29)16-8-10-26(11-9-16)20(28)12-18-15-30-22(25-18)17-6-4-3-5-7-17/h3-7,13-16H,2,8-12H2,1H3,(H,24,29). The maximum absolute atomic E-state index is 12.6. The Morgan fingerprint density at radius 1 is 1.20 bits per heavy atom. The zero-order valence-corrected chi connectivity index (χ0v) is 17.0. The quantitative estimate of drug-likeness (QED) is 0.678. The molecule has 1 fully saturated rings. The minimum atomic E-state index is -0.101. The first-order valence-corrected chi connectivity index (χ1v) is 10.2. The molecule has 3 aromatic rings. The molecule has 0 aliphatic carbocycles.